The molecule has 0 saturated heterocycles. The summed E-state index contributed by atoms with van der Waals surface area (Å²) in [5.74, 6) is 2.07. The zero-order valence-electron chi connectivity index (χ0n) is 27.2. The Morgan fingerprint density at radius 3 is 2.34 bits per heavy atom. The summed E-state index contributed by atoms with van der Waals surface area (Å²) < 4.78 is 23.7. The highest BCUT2D eigenvalue weighted by molar-refractivity contribution is 6.32. The highest BCUT2D eigenvalue weighted by Crippen LogP contribution is 2.37. The average Bonchev–Trinajstić information content (AvgIpc) is 3.13. The molecule has 0 amide bonds. The number of benzene rings is 4. The van der Waals surface area contributed by atoms with Gasteiger partial charge in [0, 0.05) is 36.9 Å². The lowest BCUT2D eigenvalue weighted by atomic mass is 9.96. The number of fused-ring (bicyclic) bond motifs is 1. The molecule has 266 valence electrons. The van der Waals surface area contributed by atoms with Gasteiger partial charge in [-0.05, 0) is 52.9 Å². The van der Waals surface area contributed by atoms with Crippen molar-refractivity contribution in [1.29, 1.82) is 0 Å². The van der Waals surface area contributed by atoms with Gasteiger partial charge in [0.1, 0.15) is 56.2 Å². The molecule has 1 aliphatic rings. The predicted molar refractivity (Wildman–Crippen MR) is 184 cm³/mol. The molecule has 5 rings (SSSR count). The molecule has 0 fully saturated rings. The van der Waals surface area contributed by atoms with Crippen LogP contribution in [0.5, 0.6) is 23.0 Å². The largest absolute Gasteiger partial charge is 0.488 e. The van der Waals surface area contributed by atoms with Crippen molar-refractivity contribution < 1.29 is 49.4 Å². The molecule has 6 N–H and O–H groups in total. The van der Waals surface area contributed by atoms with Gasteiger partial charge in [-0.15, -0.1) is 0 Å². The Morgan fingerprint density at radius 2 is 1.58 bits per heavy atom. The van der Waals surface area contributed by atoms with Crippen LogP contribution in [-0.4, -0.2) is 81.2 Å². The van der Waals surface area contributed by atoms with E-state index in [0.29, 0.717) is 47.3 Å². The van der Waals surface area contributed by atoms with E-state index < -0.39 is 35.9 Å². The summed E-state index contributed by atoms with van der Waals surface area (Å²) in [6, 6.07) is 21.0. The third kappa shape index (κ3) is 9.00. The lowest BCUT2D eigenvalue weighted by Crippen LogP contribution is -2.48. The number of halogens is 1. The highest BCUT2D eigenvalue weighted by Gasteiger charge is 2.30. The van der Waals surface area contributed by atoms with Gasteiger partial charge in [0.25, 0.3) is 5.69 Å². The van der Waals surface area contributed by atoms with Gasteiger partial charge in [-0.3, -0.25) is 10.1 Å². The Balaban J connectivity index is 1.34. The molecule has 4 aromatic carbocycles. The fourth-order valence-corrected chi connectivity index (χ4v) is 5.68. The van der Waals surface area contributed by atoms with Gasteiger partial charge >= 0.3 is 0 Å². The second-order valence-electron chi connectivity index (χ2n) is 11.8. The van der Waals surface area contributed by atoms with E-state index in [1.807, 2.05) is 43.3 Å². The van der Waals surface area contributed by atoms with Crippen LogP contribution in [0.4, 0.5) is 5.69 Å². The van der Waals surface area contributed by atoms with Crippen LogP contribution >= 0.6 is 11.6 Å². The fourth-order valence-electron chi connectivity index (χ4n) is 5.44. The Bertz CT molecular complexity index is 1790. The number of non-ortho nitro benzene ring substituents is 1. The van der Waals surface area contributed by atoms with E-state index in [-0.39, 0.29) is 37.0 Å². The molecule has 50 heavy (non-hydrogen) atoms. The van der Waals surface area contributed by atoms with Crippen LogP contribution in [0.1, 0.15) is 22.3 Å². The molecule has 0 bridgehead atoms. The van der Waals surface area contributed by atoms with Crippen molar-refractivity contribution in [2.45, 2.75) is 51.1 Å². The molecule has 4 aromatic rings. The van der Waals surface area contributed by atoms with Crippen molar-refractivity contribution in [3.8, 4) is 34.1 Å². The standard InChI is InChI=1S/C36H39ClN2O11/c1-21-24(5-3-7-27(21)23-8-9-31-34(14-23)48-11-10-47-31)20-50-33-15-32(49-19-22-4-2-6-26(12-22)39(45)46)25(13-28(33)37)16-38-17-29(41)35(43)36(44)30(42)18-40/h2-9,12-15,29-30,35-36,38,40-44H,10-11,16-20H2,1H3. The van der Waals surface area contributed by atoms with Crippen molar-refractivity contribution >= 4 is 17.3 Å². The molecule has 1 heterocycles. The van der Waals surface area contributed by atoms with Gasteiger partial charge in [0.15, 0.2) is 11.5 Å². The van der Waals surface area contributed by atoms with Crippen molar-refractivity contribution in [2.75, 3.05) is 26.4 Å². The normalized spacial score (nSPS) is 14.8. The van der Waals surface area contributed by atoms with Crippen LogP contribution in [0, 0.1) is 17.0 Å². The SMILES string of the molecule is Cc1c(COc2cc(OCc3cccc([N+](=O)[O-])c3)c(CNCC(O)C(O)C(O)C(O)CO)cc2Cl)cccc1-c1ccc2c(c1)OCCO2. The van der Waals surface area contributed by atoms with Gasteiger partial charge in [0.2, 0.25) is 0 Å². The van der Waals surface area contributed by atoms with Gasteiger partial charge < -0.3 is 49.8 Å². The molecule has 13 nitrogen and oxygen atoms in total. The number of rotatable bonds is 16. The number of nitro groups is 1. The lowest BCUT2D eigenvalue weighted by Gasteiger charge is -2.26. The summed E-state index contributed by atoms with van der Waals surface area (Å²) >= 11 is 6.68. The second kappa shape index (κ2) is 17.0. The lowest BCUT2D eigenvalue weighted by molar-refractivity contribution is -0.384. The second-order valence-corrected chi connectivity index (χ2v) is 12.2. The minimum absolute atomic E-state index is 0.0149. The number of ether oxygens (including phenoxy) is 4. The number of nitrogens with one attached hydrogen (secondary N) is 1. The smallest absolute Gasteiger partial charge is 0.269 e. The maximum Gasteiger partial charge on any atom is 0.269 e. The number of hydrogen-bond acceptors (Lipinski definition) is 12. The molecule has 14 heteroatoms. The van der Waals surface area contributed by atoms with Crippen LogP contribution < -0.4 is 24.3 Å². The van der Waals surface area contributed by atoms with E-state index in [4.69, 9.17) is 35.7 Å². The molecule has 4 unspecified atom stereocenters. The minimum Gasteiger partial charge on any atom is -0.488 e. The maximum atomic E-state index is 11.3. The van der Waals surface area contributed by atoms with Crippen LogP contribution in [0.15, 0.2) is 72.8 Å². The van der Waals surface area contributed by atoms with Crippen molar-refractivity contribution in [3.05, 3.63) is 110 Å². The van der Waals surface area contributed by atoms with E-state index in [0.717, 1.165) is 22.3 Å². The van der Waals surface area contributed by atoms with Crippen LogP contribution in [0.2, 0.25) is 5.02 Å². The van der Waals surface area contributed by atoms with Crippen molar-refractivity contribution in [2.24, 2.45) is 0 Å². The van der Waals surface area contributed by atoms with E-state index in [1.54, 1.807) is 24.3 Å². The number of nitrogens with zero attached hydrogens (tertiary/aromatic N) is 1. The first-order valence-corrected chi connectivity index (χ1v) is 16.3. The molecular weight excluding hydrogens is 672 g/mol. The van der Waals surface area contributed by atoms with E-state index in [1.165, 1.54) is 12.1 Å². The van der Waals surface area contributed by atoms with Crippen molar-refractivity contribution in [3.63, 3.8) is 0 Å². The van der Waals surface area contributed by atoms with Gasteiger partial charge in [-0.25, -0.2) is 0 Å². The number of aliphatic hydroxyl groups is 5. The Hall–Kier alpha value is -4.47. The third-order valence-electron chi connectivity index (χ3n) is 8.31. The average molecular weight is 711 g/mol. The molecule has 0 saturated carbocycles. The van der Waals surface area contributed by atoms with Gasteiger partial charge in [0.05, 0.1) is 22.7 Å². The van der Waals surface area contributed by atoms with Crippen LogP contribution in [0.3, 0.4) is 0 Å². The number of hydrogen-bond donors (Lipinski definition) is 6. The molecule has 4 atom stereocenters. The first kappa shape index (κ1) is 36.8. The molecule has 0 aliphatic carbocycles. The molecule has 1 aliphatic heterocycles. The third-order valence-corrected chi connectivity index (χ3v) is 8.60. The van der Waals surface area contributed by atoms with Crippen LogP contribution in [-0.2, 0) is 19.8 Å². The maximum absolute atomic E-state index is 11.3. The van der Waals surface area contributed by atoms with Gasteiger partial charge in [-0.1, -0.05) is 48.0 Å². The summed E-state index contributed by atoms with van der Waals surface area (Å²) in [6.45, 7) is 2.26. The monoisotopic (exact) mass is 710 g/mol. The highest BCUT2D eigenvalue weighted by atomic mass is 35.5. The number of aliphatic hydroxyl groups excluding tert-OH is 5. The Labute approximate surface area is 293 Å². The van der Waals surface area contributed by atoms with E-state index >= 15 is 0 Å². The van der Waals surface area contributed by atoms with Crippen molar-refractivity contribution in [1.82, 2.24) is 5.32 Å². The summed E-state index contributed by atoms with van der Waals surface area (Å²) in [5.41, 5.74) is 4.90. The molecule has 0 radical (unpaired) electrons. The topological polar surface area (TPSA) is 193 Å². The Morgan fingerprint density at radius 1 is 0.860 bits per heavy atom. The molecular formula is C36H39ClN2O11. The Kier molecular flexibility index (Phi) is 12.5. The summed E-state index contributed by atoms with van der Waals surface area (Å²) in [4.78, 5) is 10.8. The predicted octanol–water partition coefficient (Wildman–Crippen LogP) is 3.68. The van der Waals surface area contributed by atoms with Crippen LogP contribution in [0.25, 0.3) is 11.1 Å². The molecule has 0 spiro atoms. The molecule has 0 aromatic heterocycles. The summed E-state index contributed by atoms with van der Waals surface area (Å²) in [7, 11) is 0. The zero-order valence-corrected chi connectivity index (χ0v) is 28.0. The fraction of sp³-hybridized carbons (Fsp3) is 0.333. The van der Waals surface area contributed by atoms with Gasteiger partial charge in [-0.2, -0.15) is 0 Å². The van der Waals surface area contributed by atoms with E-state index in [9.17, 15) is 30.5 Å². The summed E-state index contributed by atoms with van der Waals surface area (Å²) in [5, 5.41) is 63.6. The number of nitro benzene ring substituents is 1. The zero-order chi connectivity index (χ0) is 35.8. The quantitative estimate of drug-likeness (QED) is 0.0731. The summed E-state index contributed by atoms with van der Waals surface area (Å²) in [6.07, 6.45) is -6.60. The first-order valence-electron chi connectivity index (χ1n) is 15.9. The first-order chi connectivity index (χ1) is 24.0. The minimum atomic E-state index is -1.76. The van der Waals surface area contributed by atoms with E-state index in [2.05, 4.69) is 5.32 Å².